The van der Waals surface area contributed by atoms with Gasteiger partial charge in [-0.3, -0.25) is 4.79 Å². The van der Waals surface area contributed by atoms with Crippen molar-refractivity contribution in [2.24, 2.45) is 5.92 Å². The van der Waals surface area contributed by atoms with E-state index in [1.807, 2.05) is 0 Å². The number of aliphatic carboxylic acids is 1. The van der Waals surface area contributed by atoms with Crippen LogP contribution in [0.2, 0.25) is 0 Å². The number of benzene rings is 2. The lowest BCUT2D eigenvalue weighted by molar-refractivity contribution is -0.139. The maximum Gasteiger partial charge on any atom is 0.416 e. The maximum absolute atomic E-state index is 12.8. The highest BCUT2D eigenvalue weighted by atomic mass is 19.4. The van der Waals surface area contributed by atoms with Crippen LogP contribution < -0.4 is 9.47 Å². The first-order valence-corrected chi connectivity index (χ1v) is 8.07. The molecule has 4 nitrogen and oxygen atoms in total. The van der Waals surface area contributed by atoms with E-state index < -0.39 is 29.7 Å². The van der Waals surface area contributed by atoms with Gasteiger partial charge in [0.05, 0.1) is 11.5 Å². The molecule has 7 heteroatoms. The van der Waals surface area contributed by atoms with Gasteiger partial charge in [0.15, 0.2) is 0 Å². The van der Waals surface area contributed by atoms with Crippen molar-refractivity contribution in [2.45, 2.75) is 31.7 Å². The van der Waals surface area contributed by atoms with Gasteiger partial charge in [0, 0.05) is 12.5 Å². The molecule has 0 aromatic heterocycles. The molecule has 26 heavy (non-hydrogen) atoms. The first-order valence-electron chi connectivity index (χ1n) is 8.07. The Morgan fingerprint density at radius 1 is 1.15 bits per heavy atom. The summed E-state index contributed by atoms with van der Waals surface area (Å²) in [5, 5.41) is 8.90. The lowest BCUT2D eigenvalue weighted by Crippen LogP contribution is -2.09. The van der Waals surface area contributed by atoms with E-state index in [0.29, 0.717) is 23.5 Å². The Kier molecular flexibility index (Phi) is 4.80. The number of halogens is 3. The monoisotopic (exact) mass is 366 g/mol. The molecule has 138 valence electrons. The van der Waals surface area contributed by atoms with Gasteiger partial charge in [-0.05, 0) is 36.8 Å². The molecule has 1 aliphatic rings. The average Bonchev–Trinajstić information content (AvgIpc) is 3.34. The van der Waals surface area contributed by atoms with E-state index in [2.05, 4.69) is 0 Å². The second-order valence-electron chi connectivity index (χ2n) is 6.19. The van der Waals surface area contributed by atoms with Crippen LogP contribution >= 0.6 is 0 Å². The van der Waals surface area contributed by atoms with E-state index >= 15 is 0 Å². The lowest BCUT2D eigenvalue weighted by atomic mass is 10.1. The van der Waals surface area contributed by atoms with Crippen LogP contribution in [0.1, 0.15) is 30.6 Å². The molecular formula is C19H17F3O4. The summed E-state index contributed by atoms with van der Waals surface area (Å²) in [6, 6.07) is 11.6. The summed E-state index contributed by atoms with van der Waals surface area (Å²) in [4.78, 5) is 10.8. The van der Waals surface area contributed by atoms with Crippen LogP contribution in [0, 0.1) is 5.92 Å². The van der Waals surface area contributed by atoms with Crippen LogP contribution in [0.4, 0.5) is 13.2 Å². The fourth-order valence-corrected chi connectivity index (χ4v) is 2.60. The molecule has 0 amide bonds. The van der Waals surface area contributed by atoms with Crippen molar-refractivity contribution in [3.05, 3.63) is 59.7 Å². The van der Waals surface area contributed by atoms with Crippen molar-refractivity contribution < 1.29 is 32.5 Å². The minimum atomic E-state index is -4.41. The Morgan fingerprint density at radius 3 is 2.50 bits per heavy atom. The first kappa shape index (κ1) is 18.1. The topological polar surface area (TPSA) is 55.8 Å². The van der Waals surface area contributed by atoms with Crippen molar-refractivity contribution in [3.63, 3.8) is 0 Å². The minimum Gasteiger partial charge on any atom is -0.489 e. The summed E-state index contributed by atoms with van der Waals surface area (Å²) in [6.45, 7) is 1.66. The quantitative estimate of drug-likeness (QED) is 0.805. The third kappa shape index (κ3) is 4.28. The van der Waals surface area contributed by atoms with E-state index in [1.165, 1.54) is 6.07 Å². The van der Waals surface area contributed by atoms with Crippen LogP contribution in [0.15, 0.2) is 48.5 Å². The van der Waals surface area contributed by atoms with Gasteiger partial charge in [0.1, 0.15) is 23.7 Å². The van der Waals surface area contributed by atoms with Crippen LogP contribution in [0.5, 0.6) is 11.5 Å². The summed E-state index contributed by atoms with van der Waals surface area (Å²) >= 11 is 0. The van der Waals surface area contributed by atoms with E-state index in [9.17, 15) is 18.0 Å². The van der Waals surface area contributed by atoms with Crippen molar-refractivity contribution >= 4 is 5.97 Å². The molecule has 1 saturated carbocycles. The molecule has 0 radical (unpaired) electrons. The van der Waals surface area contributed by atoms with E-state index in [1.54, 1.807) is 37.3 Å². The molecule has 2 aromatic carbocycles. The predicted octanol–water partition coefficient (Wildman–Crippen LogP) is 4.70. The predicted molar refractivity (Wildman–Crippen MR) is 87.1 cm³/mol. The summed E-state index contributed by atoms with van der Waals surface area (Å²) < 4.78 is 49.8. The number of rotatable bonds is 6. The summed E-state index contributed by atoms with van der Waals surface area (Å²) in [7, 11) is 0. The Balaban J connectivity index is 1.67. The van der Waals surface area contributed by atoms with E-state index in [4.69, 9.17) is 14.6 Å². The van der Waals surface area contributed by atoms with Gasteiger partial charge in [-0.1, -0.05) is 18.2 Å². The zero-order valence-corrected chi connectivity index (χ0v) is 13.9. The van der Waals surface area contributed by atoms with Crippen LogP contribution in [0.3, 0.4) is 0 Å². The fraction of sp³-hybridized carbons (Fsp3) is 0.316. The molecule has 3 atom stereocenters. The van der Waals surface area contributed by atoms with Gasteiger partial charge in [0.2, 0.25) is 0 Å². The second kappa shape index (κ2) is 6.90. The molecule has 3 rings (SSSR count). The number of ether oxygens (including phenoxy) is 2. The number of carboxylic acids is 1. The molecule has 0 saturated heterocycles. The minimum absolute atomic E-state index is 0.358. The van der Waals surface area contributed by atoms with E-state index in [0.717, 1.165) is 12.1 Å². The second-order valence-corrected chi connectivity index (χ2v) is 6.19. The van der Waals surface area contributed by atoms with Crippen LogP contribution in [0.25, 0.3) is 0 Å². The molecule has 2 unspecified atom stereocenters. The third-order valence-corrected chi connectivity index (χ3v) is 4.14. The highest BCUT2D eigenvalue weighted by Gasteiger charge is 2.45. The zero-order valence-electron chi connectivity index (χ0n) is 13.9. The van der Waals surface area contributed by atoms with E-state index in [-0.39, 0.29) is 6.10 Å². The summed E-state index contributed by atoms with van der Waals surface area (Å²) in [5.41, 5.74) is -0.324. The normalized spacial score (nSPS) is 20.3. The maximum atomic E-state index is 12.8. The largest absolute Gasteiger partial charge is 0.489 e. The molecule has 0 aliphatic heterocycles. The molecular weight excluding hydrogens is 349 g/mol. The first-order chi connectivity index (χ1) is 12.2. The number of carbonyl (C=O) groups is 1. The third-order valence-electron chi connectivity index (χ3n) is 4.14. The van der Waals surface area contributed by atoms with Gasteiger partial charge in [0.25, 0.3) is 0 Å². The Hall–Kier alpha value is -2.70. The van der Waals surface area contributed by atoms with Crippen LogP contribution in [-0.4, -0.2) is 17.2 Å². The SMILES string of the molecule is CC(Oc1cccc(O[C@@H]2CC2C(=O)O)c1)c1cccc(C(F)(F)F)c1. The summed E-state index contributed by atoms with van der Waals surface area (Å²) in [6.07, 6.45) is -4.90. The Bertz CT molecular complexity index is 803. The van der Waals surface area contributed by atoms with Crippen molar-refractivity contribution in [1.82, 2.24) is 0 Å². The zero-order chi connectivity index (χ0) is 18.9. The summed E-state index contributed by atoms with van der Waals surface area (Å²) in [5.74, 6) is -0.489. The van der Waals surface area contributed by atoms with Gasteiger partial charge < -0.3 is 14.6 Å². The van der Waals surface area contributed by atoms with Gasteiger partial charge >= 0.3 is 12.1 Å². The van der Waals surface area contributed by atoms with Crippen molar-refractivity contribution in [1.29, 1.82) is 0 Å². The molecule has 1 fully saturated rings. The van der Waals surface area contributed by atoms with Gasteiger partial charge in [-0.15, -0.1) is 0 Å². The molecule has 1 N–H and O–H groups in total. The number of alkyl halides is 3. The van der Waals surface area contributed by atoms with Crippen LogP contribution in [-0.2, 0) is 11.0 Å². The number of hydrogen-bond donors (Lipinski definition) is 1. The number of hydrogen-bond acceptors (Lipinski definition) is 3. The molecule has 2 aromatic rings. The average molecular weight is 366 g/mol. The van der Waals surface area contributed by atoms with Crippen molar-refractivity contribution in [3.8, 4) is 11.5 Å². The van der Waals surface area contributed by atoms with Gasteiger partial charge in [-0.2, -0.15) is 13.2 Å². The number of carboxylic acid groups (broad SMARTS) is 1. The standard InChI is InChI=1S/C19H17F3O4/c1-11(12-4-2-5-13(8-12)19(20,21)22)25-14-6-3-7-15(9-14)26-17-10-16(17)18(23)24/h2-9,11,16-17H,10H2,1H3,(H,23,24)/t11?,16?,17-/m1/s1. The molecule has 0 bridgehead atoms. The Morgan fingerprint density at radius 2 is 1.85 bits per heavy atom. The molecule has 1 aliphatic carbocycles. The van der Waals surface area contributed by atoms with Gasteiger partial charge in [-0.25, -0.2) is 0 Å². The Labute approximate surface area is 148 Å². The highest BCUT2D eigenvalue weighted by Crippen LogP contribution is 2.36. The molecule has 0 heterocycles. The smallest absolute Gasteiger partial charge is 0.416 e. The fourth-order valence-electron chi connectivity index (χ4n) is 2.60. The van der Waals surface area contributed by atoms with Crippen molar-refractivity contribution in [2.75, 3.05) is 0 Å². The molecule has 0 spiro atoms. The lowest BCUT2D eigenvalue weighted by Gasteiger charge is -2.17. The highest BCUT2D eigenvalue weighted by molar-refractivity contribution is 5.74.